The predicted molar refractivity (Wildman–Crippen MR) is 121 cm³/mol. The topological polar surface area (TPSA) is 55.2 Å². The average Bonchev–Trinajstić information content (AvgIpc) is 3.22. The van der Waals surface area contributed by atoms with Crippen LogP contribution in [0.2, 0.25) is 5.02 Å². The molecule has 4 rings (SSSR count). The van der Waals surface area contributed by atoms with E-state index >= 15 is 0 Å². The van der Waals surface area contributed by atoms with Crippen molar-refractivity contribution in [2.45, 2.75) is 43.8 Å². The van der Waals surface area contributed by atoms with Gasteiger partial charge >= 0.3 is 0 Å². The lowest BCUT2D eigenvalue weighted by molar-refractivity contribution is -0.132. The second-order valence-corrected chi connectivity index (χ2v) is 9.38. The smallest absolute Gasteiger partial charge is 0.276 e. The first kappa shape index (κ1) is 20.4. The van der Waals surface area contributed by atoms with Crippen LogP contribution in [0.5, 0.6) is 0 Å². The second-order valence-electron chi connectivity index (χ2n) is 7.08. The number of thioether (sulfide) groups is 1. The Morgan fingerprint density at radius 2 is 2.07 bits per heavy atom. The van der Waals surface area contributed by atoms with E-state index in [0.717, 1.165) is 25.8 Å². The fraction of sp³-hybridized carbons (Fsp3) is 0.381. The van der Waals surface area contributed by atoms with Crippen molar-refractivity contribution in [3.63, 3.8) is 0 Å². The molecule has 0 spiro atoms. The minimum absolute atomic E-state index is 0.115. The molecule has 1 amide bonds. The van der Waals surface area contributed by atoms with Crippen LogP contribution in [0.25, 0.3) is 15.9 Å². The minimum Gasteiger partial charge on any atom is -0.339 e. The van der Waals surface area contributed by atoms with Crippen molar-refractivity contribution in [2.24, 2.45) is 0 Å². The lowest BCUT2D eigenvalue weighted by Gasteiger charge is -2.35. The number of nitrogens with zero attached hydrogens (tertiary/aromatic N) is 3. The zero-order chi connectivity index (χ0) is 20.4. The molecule has 1 atom stereocenters. The number of fused-ring (bicyclic) bond motifs is 1. The molecule has 1 aromatic carbocycles. The number of aromatic nitrogens is 2. The van der Waals surface area contributed by atoms with Gasteiger partial charge in [-0.2, -0.15) is 0 Å². The molecule has 1 unspecified atom stereocenters. The SMILES string of the molecule is CCC1CCCCN1C(=O)CSc1nc2ccsc2c(=O)n1-c1ccc(Cl)cc1. The fourth-order valence-corrected chi connectivity index (χ4v) is 5.55. The number of hydrogen-bond acceptors (Lipinski definition) is 5. The third kappa shape index (κ3) is 4.22. The van der Waals surface area contributed by atoms with Gasteiger partial charge in [-0.15, -0.1) is 11.3 Å². The van der Waals surface area contributed by atoms with E-state index in [1.54, 1.807) is 28.8 Å². The summed E-state index contributed by atoms with van der Waals surface area (Å²) in [6.07, 6.45) is 4.29. The Bertz CT molecular complexity index is 1080. The number of piperidine rings is 1. The summed E-state index contributed by atoms with van der Waals surface area (Å²) in [5, 5.41) is 3.00. The summed E-state index contributed by atoms with van der Waals surface area (Å²) in [6.45, 7) is 2.95. The summed E-state index contributed by atoms with van der Waals surface area (Å²) >= 11 is 8.72. The van der Waals surface area contributed by atoms with E-state index in [4.69, 9.17) is 11.6 Å². The maximum absolute atomic E-state index is 13.1. The van der Waals surface area contributed by atoms with Gasteiger partial charge in [0.25, 0.3) is 5.56 Å². The number of carbonyl (C=O) groups excluding carboxylic acids is 1. The Hall–Kier alpha value is -1.83. The van der Waals surface area contributed by atoms with Crippen LogP contribution in [0.15, 0.2) is 45.7 Å². The molecule has 0 N–H and O–H groups in total. The highest BCUT2D eigenvalue weighted by Crippen LogP contribution is 2.26. The third-order valence-electron chi connectivity index (χ3n) is 5.28. The first-order chi connectivity index (χ1) is 14.1. The van der Waals surface area contributed by atoms with E-state index < -0.39 is 0 Å². The molecular weight excluding hydrogens is 426 g/mol. The van der Waals surface area contributed by atoms with Crippen LogP contribution >= 0.6 is 34.7 Å². The Morgan fingerprint density at radius 1 is 1.28 bits per heavy atom. The Morgan fingerprint density at radius 3 is 2.83 bits per heavy atom. The number of carbonyl (C=O) groups is 1. The number of rotatable bonds is 5. The van der Waals surface area contributed by atoms with Gasteiger partial charge in [-0.05, 0) is 61.4 Å². The van der Waals surface area contributed by atoms with Gasteiger partial charge in [0.05, 0.1) is 17.0 Å². The summed E-state index contributed by atoms with van der Waals surface area (Å²) in [6, 6.07) is 9.27. The Balaban J connectivity index is 1.66. The molecule has 152 valence electrons. The molecule has 1 fully saturated rings. The van der Waals surface area contributed by atoms with Crippen molar-refractivity contribution in [1.82, 2.24) is 14.5 Å². The van der Waals surface area contributed by atoms with Crippen LogP contribution < -0.4 is 5.56 Å². The predicted octanol–water partition coefficient (Wildman–Crippen LogP) is 4.98. The average molecular weight is 448 g/mol. The molecule has 8 heteroatoms. The summed E-state index contributed by atoms with van der Waals surface area (Å²) in [5.41, 5.74) is 1.25. The van der Waals surface area contributed by atoms with Crippen molar-refractivity contribution in [2.75, 3.05) is 12.3 Å². The van der Waals surface area contributed by atoms with Crippen molar-refractivity contribution in [1.29, 1.82) is 0 Å². The third-order valence-corrected chi connectivity index (χ3v) is 7.34. The van der Waals surface area contributed by atoms with Gasteiger partial charge in [0.2, 0.25) is 5.91 Å². The number of amides is 1. The van der Waals surface area contributed by atoms with E-state index in [0.29, 0.717) is 32.1 Å². The molecule has 1 aliphatic heterocycles. The maximum Gasteiger partial charge on any atom is 0.276 e. The summed E-state index contributed by atoms with van der Waals surface area (Å²) in [5.74, 6) is 0.385. The second kappa shape index (κ2) is 8.90. The number of hydrogen-bond donors (Lipinski definition) is 0. The van der Waals surface area contributed by atoms with Crippen LogP contribution in [-0.4, -0.2) is 38.7 Å². The molecule has 0 saturated carbocycles. The Labute approximate surface area is 182 Å². The Kier molecular flexibility index (Phi) is 6.27. The maximum atomic E-state index is 13.1. The van der Waals surface area contributed by atoms with Gasteiger partial charge in [0.15, 0.2) is 5.16 Å². The monoisotopic (exact) mass is 447 g/mol. The fourth-order valence-electron chi connectivity index (χ4n) is 3.77. The summed E-state index contributed by atoms with van der Waals surface area (Å²) in [7, 11) is 0. The highest BCUT2D eigenvalue weighted by molar-refractivity contribution is 7.99. The number of benzene rings is 1. The molecular formula is C21H22ClN3O2S2. The largest absolute Gasteiger partial charge is 0.339 e. The van der Waals surface area contributed by atoms with E-state index in [2.05, 4.69) is 11.9 Å². The highest BCUT2D eigenvalue weighted by Gasteiger charge is 2.26. The summed E-state index contributed by atoms with van der Waals surface area (Å²) in [4.78, 5) is 32.7. The number of likely N-dealkylation sites (tertiary alicyclic amines) is 1. The number of halogens is 1. The molecule has 0 aliphatic carbocycles. The van der Waals surface area contributed by atoms with Crippen LogP contribution in [-0.2, 0) is 4.79 Å². The van der Waals surface area contributed by atoms with E-state index in [9.17, 15) is 9.59 Å². The van der Waals surface area contributed by atoms with Crippen molar-refractivity contribution in [3.8, 4) is 5.69 Å². The van der Waals surface area contributed by atoms with E-state index in [1.165, 1.54) is 29.5 Å². The van der Waals surface area contributed by atoms with Crippen LogP contribution in [0.1, 0.15) is 32.6 Å². The minimum atomic E-state index is -0.119. The highest BCUT2D eigenvalue weighted by atomic mass is 35.5. The van der Waals surface area contributed by atoms with Gasteiger partial charge in [-0.25, -0.2) is 4.98 Å². The zero-order valence-corrected chi connectivity index (χ0v) is 18.5. The van der Waals surface area contributed by atoms with Gasteiger partial charge in [-0.1, -0.05) is 30.3 Å². The molecule has 3 aromatic rings. The van der Waals surface area contributed by atoms with Crippen LogP contribution in [0, 0.1) is 0 Å². The van der Waals surface area contributed by atoms with Gasteiger partial charge in [0.1, 0.15) is 4.70 Å². The lowest BCUT2D eigenvalue weighted by atomic mass is 10.0. The molecule has 2 aromatic heterocycles. The normalized spacial score (nSPS) is 17.0. The molecule has 5 nitrogen and oxygen atoms in total. The molecule has 29 heavy (non-hydrogen) atoms. The molecule has 0 radical (unpaired) electrons. The molecule has 1 saturated heterocycles. The van der Waals surface area contributed by atoms with Crippen molar-refractivity contribution >= 4 is 50.8 Å². The first-order valence-corrected chi connectivity index (χ1v) is 12.0. The molecule has 3 heterocycles. The van der Waals surface area contributed by atoms with Crippen molar-refractivity contribution < 1.29 is 4.79 Å². The van der Waals surface area contributed by atoms with E-state index in [-0.39, 0.29) is 17.2 Å². The molecule has 1 aliphatic rings. The quantitative estimate of drug-likeness (QED) is 0.408. The van der Waals surface area contributed by atoms with Crippen LogP contribution in [0.4, 0.5) is 0 Å². The standard InChI is InChI=1S/C21H22ClN3O2S2/c1-2-15-5-3-4-11-24(15)18(26)13-29-21-23-17-10-12-28-19(17)20(27)25(21)16-8-6-14(22)7-9-16/h6-10,12,15H,2-5,11,13H2,1H3. The number of thiophene rings is 1. The van der Waals surface area contributed by atoms with Crippen LogP contribution in [0.3, 0.4) is 0 Å². The van der Waals surface area contributed by atoms with E-state index in [1.807, 2.05) is 16.3 Å². The summed E-state index contributed by atoms with van der Waals surface area (Å²) < 4.78 is 2.19. The van der Waals surface area contributed by atoms with Gasteiger partial charge in [0, 0.05) is 17.6 Å². The van der Waals surface area contributed by atoms with Gasteiger partial charge in [-0.3, -0.25) is 14.2 Å². The first-order valence-electron chi connectivity index (χ1n) is 9.77. The zero-order valence-electron chi connectivity index (χ0n) is 16.1. The van der Waals surface area contributed by atoms with Crippen molar-refractivity contribution in [3.05, 3.63) is 51.1 Å². The lowest BCUT2D eigenvalue weighted by Crippen LogP contribution is -2.44. The molecule has 0 bridgehead atoms. The van der Waals surface area contributed by atoms with Gasteiger partial charge < -0.3 is 4.90 Å².